The van der Waals surface area contributed by atoms with E-state index in [4.69, 9.17) is 10.5 Å². The molecule has 1 amide bonds. The molecule has 0 saturated carbocycles. The maximum absolute atomic E-state index is 11.8. The van der Waals surface area contributed by atoms with Gasteiger partial charge >= 0.3 is 0 Å². The van der Waals surface area contributed by atoms with Crippen LogP contribution in [0.25, 0.3) is 11.4 Å². The Morgan fingerprint density at radius 1 is 1.43 bits per heavy atom. The lowest BCUT2D eigenvalue weighted by atomic mass is 10.2. The number of hydrogen-bond acceptors (Lipinski definition) is 6. The van der Waals surface area contributed by atoms with Crippen LogP contribution in [0.1, 0.15) is 12.1 Å². The molecule has 1 aliphatic heterocycles. The first-order valence-electron chi connectivity index (χ1n) is 7.43. The number of amides is 1. The van der Waals surface area contributed by atoms with Crippen molar-refractivity contribution in [2.75, 3.05) is 18.6 Å². The van der Waals surface area contributed by atoms with Gasteiger partial charge in [-0.1, -0.05) is 0 Å². The van der Waals surface area contributed by atoms with Crippen molar-refractivity contribution in [1.29, 1.82) is 0 Å². The lowest BCUT2D eigenvalue weighted by molar-refractivity contribution is -0.119. The molecular weight excluding hydrogens is 294 g/mol. The Kier molecular flexibility index (Phi) is 4.20. The number of carbonyl (C=O) groups is 1. The van der Waals surface area contributed by atoms with Crippen LogP contribution < -0.4 is 10.6 Å². The Morgan fingerprint density at radius 3 is 2.91 bits per heavy atom. The van der Waals surface area contributed by atoms with E-state index >= 15 is 0 Å². The molecule has 3 rings (SSSR count). The first kappa shape index (κ1) is 15.4. The first-order chi connectivity index (χ1) is 11.1. The van der Waals surface area contributed by atoms with Gasteiger partial charge in [-0.15, -0.1) is 0 Å². The minimum absolute atomic E-state index is 0.0374. The average Bonchev–Trinajstić information content (AvgIpc) is 3.00. The second-order valence-corrected chi connectivity index (χ2v) is 5.60. The van der Waals surface area contributed by atoms with Crippen molar-refractivity contribution >= 4 is 11.7 Å². The molecule has 1 aliphatic rings. The minimum Gasteiger partial charge on any atom is -0.380 e. The Labute approximate surface area is 134 Å². The zero-order valence-corrected chi connectivity index (χ0v) is 13.1. The van der Waals surface area contributed by atoms with Crippen LogP contribution >= 0.6 is 0 Å². The number of anilines is 1. The molecule has 7 heteroatoms. The van der Waals surface area contributed by atoms with E-state index in [1.165, 1.54) is 0 Å². The van der Waals surface area contributed by atoms with E-state index in [0.29, 0.717) is 24.6 Å². The third-order valence-electron chi connectivity index (χ3n) is 3.98. The lowest BCUT2D eigenvalue weighted by Crippen LogP contribution is -2.40. The van der Waals surface area contributed by atoms with E-state index in [0.717, 1.165) is 11.3 Å². The summed E-state index contributed by atoms with van der Waals surface area (Å²) < 4.78 is 5.39. The van der Waals surface area contributed by atoms with Crippen molar-refractivity contribution in [3.63, 3.8) is 0 Å². The number of nitrogens with zero attached hydrogens (tertiary/aromatic N) is 4. The molecule has 3 heterocycles. The highest BCUT2D eigenvalue weighted by Gasteiger charge is 2.36. The number of carbonyl (C=O) groups excluding carboxylic acids is 1. The molecule has 1 fully saturated rings. The van der Waals surface area contributed by atoms with Crippen LogP contribution in [0.4, 0.5) is 5.82 Å². The van der Waals surface area contributed by atoms with Crippen LogP contribution in [-0.4, -0.2) is 46.7 Å². The fourth-order valence-corrected chi connectivity index (χ4v) is 2.81. The van der Waals surface area contributed by atoms with Gasteiger partial charge in [0.15, 0.2) is 5.82 Å². The number of aryl methyl sites for hydroxylation is 1. The Hall–Kier alpha value is -2.54. The second-order valence-electron chi connectivity index (χ2n) is 5.60. The van der Waals surface area contributed by atoms with Gasteiger partial charge in [0.1, 0.15) is 11.9 Å². The summed E-state index contributed by atoms with van der Waals surface area (Å²) in [6.07, 6.45) is 3.94. The molecule has 2 aromatic rings. The second kappa shape index (κ2) is 6.29. The fraction of sp³-hybridized carbons (Fsp3) is 0.375. The molecule has 0 bridgehead atoms. The van der Waals surface area contributed by atoms with Gasteiger partial charge in [-0.2, -0.15) is 0 Å². The summed E-state index contributed by atoms with van der Waals surface area (Å²) in [5.74, 6) is 0.889. The summed E-state index contributed by atoms with van der Waals surface area (Å²) in [7, 11) is 1.64. The van der Waals surface area contributed by atoms with Crippen LogP contribution in [-0.2, 0) is 9.53 Å². The highest BCUT2D eigenvalue weighted by Crippen LogP contribution is 2.27. The third-order valence-corrected chi connectivity index (χ3v) is 3.98. The van der Waals surface area contributed by atoms with E-state index in [9.17, 15) is 4.79 Å². The van der Waals surface area contributed by atoms with Crippen LogP contribution in [0.2, 0.25) is 0 Å². The molecule has 2 N–H and O–H groups in total. The topological polar surface area (TPSA) is 94.2 Å². The van der Waals surface area contributed by atoms with Crippen LogP contribution in [0.5, 0.6) is 0 Å². The molecule has 0 radical (unpaired) electrons. The molecule has 0 aromatic carbocycles. The smallest absolute Gasteiger partial charge is 0.240 e. The number of aromatic nitrogens is 3. The van der Waals surface area contributed by atoms with Crippen LogP contribution in [0.15, 0.2) is 30.6 Å². The number of nitrogens with two attached hydrogens (primary N) is 1. The molecule has 2 atom stereocenters. The highest BCUT2D eigenvalue weighted by atomic mass is 16.5. The molecule has 0 unspecified atom stereocenters. The Bertz CT molecular complexity index is 707. The third kappa shape index (κ3) is 3.14. The molecule has 23 heavy (non-hydrogen) atoms. The van der Waals surface area contributed by atoms with E-state index in [-0.39, 0.29) is 12.0 Å². The van der Waals surface area contributed by atoms with E-state index in [2.05, 4.69) is 15.0 Å². The number of hydrogen-bond donors (Lipinski definition) is 1. The Morgan fingerprint density at radius 2 is 2.26 bits per heavy atom. The first-order valence-corrected chi connectivity index (χ1v) is 7.43. The predicted octanol–water partition coefficient (Wildman–Crippen LogP) is 0.926. The van der Waals surface area contributed by atoms with Crippen molar-refractivity contribution in [3.8, 4) is 11.4 Å². The van der Waals surface area contributed by atoms with Crippen molar-refractivity contribution < 1.29 is 9.53 Å². The fourth-order valence-electron chi connectivity index (χ4n) is 2.81. The summed E-state index contributed by atoms with van der Waals surface area (Å²) in [4.78, 5) is 26.8. The summed E-state index contributed by atoms with van der Waals surface area (Å²) in [5, 5.41) is 0. The van der Waals surface area contributed by atoms with Crippen molar-refractivity contribution in [2.24, 2.45) is 5.73 Å². The minimum atomic E-state index is -0.420. The van der Waals surface area contributed by atoms with E-state index < -0.39 is 6.04 Å². The molecule has 1 saturated heterocycles. The van der Waals surface area contributed by atoms with Crippen molar-refractivity contribution in [3.05, 3.63) is 36.3 Å². The Balaban J connectivity index is 1.99. The summed E-state index contributed by atoms with van der Waals surface area (Å²) >= 11 is 0. The van der Waals surface area contributed by atoms with Crippen LogP contribution in [0.3, 0.4) is 0 Å². The molecule has 2 aromatic heterocycles. The SMILES string of the molecule is CO[C@H]1C[C@@H](C(N)=O)N(c2cc(C)nc(-c3cccnc3)n2)C1. The van der Waals surface area contributed by atoms with Crippen LogP contribution in [0, 0.1) is 6.92 Å². The highest BCUT2D eigenvalue weighted by molar-refractivity contribution is 5.84. The van der Waals surface area contributed by atoms with E-state index in [1.54, 1.807) is 19.5 Å². The quantitative estimate of drug-likeness (QED) is 0.902. The number of ether oxygens (including phenoxy) is 1. The van der Waals surface area contributed by atoms with E-state index in [1.807, 2.05) is 30.0 Å². The largest absolute Gasteiger partial charge is 0.380 e. The summed E-state index contributed by atoms with van der Waals surface area (Å²) in [6, 6.07) is 5.17. The molecular formula is C16H19N5O2. The van der Waals surface area contributed by atoms with Gasteiger partial charge in [-0.25, -0.2) is 9.97 Å². The maximum atomic E-state index is 11.8. The number of methoxy groups -OCH3 is 1. The normalized spacial score (nSPS) is 20.7. The number of primary amides is 1. The maximum Gasteiger partial charge on any atom is 0.240 e. The molecule has 120 valence electrons. The van der Waals surface area contributed by atoms with Gasteiger partial charge in [-0.05, 0) is 19.1 Å². The average molecular weight is 313 g/mol. The zero-order chi connectivity index (χ0) is 16.4. The van der Waals surface area contributed by atoms with Gasteiger partial charge < -0.3 is 15.4 Å². The lowest BCUT2D eigenvalue weighted by Gasteiger charge is -2.23. The van der Waals surface area contributed by atoms with Gasteiger partial charge in [0.2, 0.25) is 5.91 Å². The van der Waals surface area contributed by atoms with Gasteiger partial charge in [0.25, 0.3) is 0 Å². The summed E-state index contributed by atoms with van der Waals surface area (Å²) in [6.45, 7) is 2.47. The van der Waals surface area contributed by atoms with Gasteiger partial charge in [0.05, 0.1) is 6.10 Å². The monoisotopic (exact) mass is 313 g/mol. The van der Waals surface area contributed by atoms with Gasteiger partial charge in [-0.3, -0.25) is 9.78 Å². The standard InChI is InChI=1S/C16H19N5O2/c1-10-6-14(20-16(19-10)11-4-3-5-18-8-11)21-9-12(23-2)7-13(21)15(17)22/h3-6,8,12-13H,7,9H2,1-2H3,(H2,17,22)/t12-,13-/m0/s1. The van der Waals surface area contributed by atoms with Crippen molar-refractivity contribution in [2.45, 2.75) is 25.5 Å². The zero-order valence-electron chi connectivity index (χ0n) is 13.1. The molecule has 7 nitrogen and oxygen atoms in total. The molecule has 0 spiro atoms. The predicted molar refractivity (Wildman–Crippen MR) is 85.7 cm³/mol. The molecule has 0 aliphatic carbocycles. The van der Waals surface area contributed by atoms with Gasteiger partial charge in [0, 0.05) is 49.8 Å². The number of pyridine rings is 1. The number of rotatable bonds is 4. The van der Waals surface area contributed by atoms with Crippen molar-refractivity contribution in [1.82, 2.24) is 15.0 Å². The summed E-state index contributed by atoms with van der Waals surface area (Å²) in [5.41, 5.74) is 7.19.